The second kappa shape index (κ2) is 4.68. The number of hydrogen-bond acceptors (Lipinski definition) is 5. The van der Waals surface area contributed by atoms with Crippen molar-refractivity contribution < 1.29 is 19.1 Å². The fraction of sp³-hybridized carbons (Fsp3) is 0.818. The zero-order chi connectivity index (χ0) is 18.8. The summed E-state index contributed by atoms with van der Waals surface area (Å²) < 4.78 is 12.6. The van der Waals surface area contributed by atoms with Gasteiger partial charge in [-0.15, -0.1) is 0 Å². The van der Waals surface area contributed by atoms with Crippen molar-refractivity contribution in [2.24, 2.45) is 28.4 Å². The molecule has 2 unspecified atom stereocenters. The zero-order valence-electron chi connectivity index (χ0n) is 16.3. The summed E-state index contributed by atoms with van der Waals surface area (Å²) in [6.07, 6.45) is 8.69. The Morgan fingerprint density at radius 3 is 2.70 bits per heavy atom. The standard InChI is InChI=1S/C22H29NO4/c1-19-6-3-13(24)9-12(19)10-15(23)18-14-4-7-21(8-5-17(25)27-21)20(14,2)11-16-22(18,19)26-16/h9,14-16,18H,3-8,10-11,23H2,1-2H3/t14?,15-,16-,18?,19+,20+,21-,22-/m1/s1. The van der Waals surface area contributed by atoms with E-state index < -0.39 is 0 Å². The van der Waals surface area contributed by atoms with Gasteiger partial charge in [0, 0.05) is 35.6 Å². The summed E-state index contributed by atoms with van der Waals surface area (Å²) in [6, 6.07) is 0.0112. The highest BCUT2D eigenvalue weighted by atomic mass is 16.6. The van der Waals surface area contributed by atoms with Crippen LogP contribution in [0.2, 0.25) is 0 Å². The summed E-state index contributed by atoms with van der Waals surface area (Å²) >= 11 is 0. The molecule has 8 atom stereocenters. The molecule has 5 fully saturated rings. The third kappa shape index (κ3) is 1.67. The third-order valence-corrected chi connectivity index (χ3v) is 9.75. The summed E-state index contributed by atoms with van der Waals surface area (Å²) in [5, 5.41) is 0. The van der Waals surface area contributed by atoms with Gasteiger partial charge in [0.2, 0.25) is 0 Å². The number of rotatable bonds is 0. The average Bonchev–Trinajstić information content (AvgIpc) is 3.09. The first kappa shape index (κ1) is 16.7. The van der Waals surface area contributed by atoms with E-state index in [1.165, 1.54) is 5.57 Å². The van der Waals surface area contributed by atoms with E-state index in [-0.39, 0.29) is 51.8 Å². The number of hydrogen-bond donors (Lipinski definition) is 1. The molecular formula is C22H29NO4. The first-order chi connectivity index (χ1) is 12.8. The Hall–Kier alpha value is -1.20. The minimum absolute atomic E-state index is 0.0112. The monoisotopic (exact) mass is 371 g/mol. The second-order valence-corrected chi connectivity index (χ2v) is 10.5. The van der Waals surface area contributed by atoms with E-state index >= 15 is 0 Å². The van der Waals surface area contributed by atoms with E-state index in [0.717, 1.165) is 38.5 Å². The fourth-order valence-corrected chi connectivity index (χ4v) is 8.36. The van der Waals surface area contributed by atoms with E-state index in [4.69, 9.17) is 15.2 Å². The van der Waals surface area contributed by atoms with Gasteiger partial charge in [0.25, 0.3) is 0 Å². The van der Waals surface area contributed by atoms with E-state index in [9.17, 15) is 9.59 Å². The number of ether oxygens (including phenoxy) is 2. The maximum atomic E-state index is 12.1. The van der Waals surface area contributed by atoms with Crippen LogP contribution in [-0.4, -0.2) is 35.1 Å². The van der Waals surface area contributed by atoms with Gasteiger partial charge in [-0.1, -0.05) is 19.4 Å². The smallest absolute Gasteiger partial charge is 0.306 e. The molecule has 6 rings (SSSR count). The van der Waals surface area contributed by atoms with Gasteiger partial charge in [0.15, 0.2) is 5.78 Å². The van der Waals surface area contributed by atoms with Gasteiger partial charge in [-0.3, -0.25) is 9.59 Å². The normalized spacial score (nSPS) is 58.1. The number of esters is 1. The van der Waals surface area contributed by atoms with Crippen LogP contribution < -0.4 is 5.73 Å². The predicted molar refractivity (Wildman–Crippen MR) is 97.6 cm³/mol. The summed E-state index contributed by atoms with van der Waals surface area (Å²) in [4.78, 5) is 24.1. The molecule has 0 bridgehead atoms. The molecule has 2 saturated heterocycles. The highest BCUT2D eigenvalue weighted by Crippen LogP contribution is 2.77. The molecule has 2 aliphatic heterocycles. The van der Waals surface area contributed by atoms with Crippen LogP contribution in [0.25, 0.3) is 0 Å². The minimum Gasteiger partial charge on any atom is -0.458 e. The third-order valence-electron chi connectivity index (χ3n) is 9.75. The van der Waals surface area contributed by atoms with Gasteiger partial charge in [0.1, 0.15) is 11.2 Å². The van der Waals surface area contributed by atoms with E-state index in [0.29, 0.717) is 18.8 Å². The molecule has 0 amide bonds. The minimum atomic E-state index is -0.313. The van der Waals surface area contributed by atoms with Crippen LogP contribution in [0.4, 0.5) is 0 Å². The quantitative estimate of drug-likeness (QED) is 0.523. The molecule has 0 radical (unpaired) electrons. The molecule has 5 nitrogen and oxygen atoms in total. The van der Waals surface area contributed by atoms with Crippen LogP contribution in [0.15, 0.2) is 11.6 Å². The topological polar surface area (TPSA) is 81.9 Å². The Balaban J connectivity index is 1.45. The van der Waals surface area contributed by atoms with E-state index in [1.807, 2.05) is 6.08 Å². The van der Waals surface area contributed by atoms with Crippen molar-refractivity contribution in [3.63, 3.8) is 0 Å². The maximum absolute atomic E-state index is 12.1. The molecule has 2 spiro atoms. The lowest BCUT2D eigenvalue weighted by molar-refractivity contribution is -0.164. The molecule has 2 heterocycles. The summed E-state index contributed by atoms with van der Waals surface area (Å²) in [7, 11) is 0. The molecule has 4 aliphatic carbocycles. The largest absolute Gasteiger partial charge is 0.458 e. The van der Waals surface area contributed by atoms with Crippen LogP contribution in [0.5, 0.6) is 0 Å². The van der Waals surface area contributed by atoms with Crippen molar-refractivity contribution in [3.05, 3.63) is 11.6 Å². The number of ketones is 1. The lowest BCUT2D eigenvalue weighted by Gasteiger charge is -2.58. The summed E-state index contributed by atoms with van der Waals surface area (Å²) in [6.45, 7) is 4.65. The van der Waals surface area contributed by atoms with Crippen LogP contribution in [-0.2, 0) is 19.1 Å². The molecule has 0 aromatic rings. The predicted octanol–water partition coefficient (Wildman–Crippen LogP) is 2.66. The SMILES string of the molecule is C[C@]12CCC(=O)C=C1C[C@@H](N)C1C3CC[C@@]4(CCC(=O)O4)[C@@]3(C)C[C@H]3O[C@@]132. The molecular weight excluding hydrogens is 342 g/mol. The Labute approximate surface area is 160 Å². The average molecular weight is 371 g/mol. The number of epoxide rings is 1. The van der Waals surface area contributed by atoms with Gasteiger partial charge >= 0.3 is 5.97 Å². The van der Waals surface area contributed by atoms with Crippen molar-refractivity contribution >= 4 is 11.8 Å². The highest BCUT2D eigenvalue weighted by molar-refractivity contribution is 5.92. The van der Waals surface area contributed by atoms with Gasteiger partial charge in [-0.05, 0) is 50.5 Å². The van der Waals surface area contributed by atoms with Crippen LogP contribution in [0.1, 0.15) is 65.2 Å². The number of fused-ring (bicyclic) bond motifs is 4. The zero-order valence-corrected chi connectivity index (χ0v) is 16.3. The fourth-order valence-electron chi connectivity index (χ4n) is 8.36. The molecule has 5 heteroatoms. The lowest BCUT2D eigenvalue weighted by Crippen LogP contribution is -2.65. The van der Waals surface area contributed by atoms with Crippen molar-refractivity contribution in [2.75, 3.05) is 0 Å². The molecule has 6 aliphatic rings. The van der Waals surface area contributed by atoms with Gasteiger partial charge in [-0.2, -0.15) is 0 Å². The van der Waals surface area contributed by atoms with Gasteiger partial charge in [-0.25, -0.2) is 0 Å². The molecule has 146 valence electrons. The van der Waals surface area contributed by atoms with Crippen molar-refractivity contribution in [1.82, 2.24) is 0 Å². The Morgan fingerprint density at radius 1 is 1.15 bits per heavy atom. The molecule has 2 N–H and O–H groups in total. The number of carbonyl (C=O) groups is 2. The van der Waals surface area contributed by atoms with Crippen LogP contribution in [0.3, 0.4) is 0 Å². The van der Waals surface area contributed by atoms with Gasteiger partial charge < -0.3 is 15.2 Å². The van der Waals surface area contributed by atoms with Crippen molar-refractivity contribution in [1.29, 1.82) is 0 Å². The summed E-state index contributed by atoms with van der Waals surface area (Å²) in [5.74, 6) is 0.907. The maximum Gasteiger partial charge on any atom is 0.306 e. The first-order valence-electron chi connectivity index (χ1n) is 10.6. The molecule has 0 aromatic heterocycles. The van der Waals surface area contributed by atoms with Crippen molar-refractivity contribution in [3.8, 4) is 0 Å². The lowest BCUT2D eigenvalue weighted by atomic mass is 9.45. The number of nitrogens with two attached hydrogens (primary N) is 1. The molecule has 0 aromatic carbocycles. The van der Waals surface area contributed by atoms with E-state index in [2.05, 4.69) is 13.8 Å². The highest BCUT2D eigenvalue weighted by Gasteiger charge is 2.82. The summed E-state index contributed by atoms with van der Waals surface area (Å²) in [5.41, 5.74) is 7.37. The first-order valence-corrected chi connectivity index (χ1v) is 10.6. The second-order valence-electron chi connectivity index (χ2n) is 10.5. The van der Waals surface area contributed by atoms with Crippen LogP contribution >= 0.6 is 0 Å². The Morgan fingerprint density at radius 2 is 1.96 bits per heavy atom. The Bertz CT molecular complexity index is 806. The Kier molecular flexibility index (Phi) is 2.90. The van der Waals surface area contributed by atoms with E-state index in [1.54, 1.807) is 0 Å². The molecule has 3 saturated carbocycles. The number of carbonyl (C=O) groups excluding carboxylic acids is 2. The van der Waals surface area contributed by atoms with Crippen molar-refractivity contribution in [2.45, 2.75) is 88.6 Å². The molecule has 27 heavy (non-hydrogen) atoms. The van der Waals surface area contributed by atoms with Crippen LogP contribution in [0, 0.1) is 22.7 Å². The van der Waals surface area contributed by atoms with Gasteiger partial charge in [0.05, 0.1) is 6.10 Å².